The second kappa shape index (κ2) is 5.70. The number of hydrogen-bond donors (Lipinski definition) is 3. The van der Waals surface area contributed by atoms with Gasteiger partial charge in [0.05, 0.1) is 12.5 Å². The molecule has 0 heterocycles. The lowest BCUT2D eigenvalue weighted by atomic mass is 10.00. The molecule has 0 saturated heterocycles. The van der Waals surface area contributed by atoms with E-state index in [2.05, 4.69) is 5.32 Å². The van der Waals surface area contributed by atoms with Gasteiger partial charge in [0, 0.05) is 5.54 Å². The summed E-state index contributed by atoms with van der Waals surface area (Å²) in [5.41, 5.74) is 4.85. The Kier molecular flexibility index (Phi) is 5.28. The first kappa shape index (κ1) is 13.9. The Morgan fingerprint density at radius 2 is 2.00 bits per heavy atom. The van der Waals surface area contributed by atoms with Gasteiger partial charge < -0.3 is 16.2 Å². The van der Waals surface area contributed by atoms with Crippen LogP contribution in [-0.4, -0.2) is 28.6 Å². The van der Waals surface area contributed by atoms with Gasteiger partial charge in [0.15, 0.2) is 0 Å². The Hall–Kier alpha value is -1.10. The maximum absolute atomic E-state index is 11.5. The van der Waals surface area contributed by atoms with E-state index in [1.165, 1.54) is 0 Å². The fraction of sp³-hybridized carbons (Fsp3) is 0.800. The van der Waals surface area contributed by atoms with E-state index in [0.29, 0.717) is 6.42 Å². The molecule has 0 radical (unpaired) electrons. The zero-order valence-electron chi connectivity index (χ0n) is 9.54. The number of carbonyl (C=O) groups is 2. The summed E-state index contributed by atoms with van der Waals surface area (Å²) in [6, 6.07) is -0.553. The molecule has 88 valence electrons. The third-order valence-electron chi connectivity index (χ3n) is 1.99. The second-order valence-electron chi connectivity index (χ2n) is 4.34. The van der Waals surface area contributed by atoms with Crippen LogP contribution in [0.15, 0.2) is 0 Å². The molecule has 0 saturated carbocycles. The van der Waals surface area contributed by atoms with Gasteiger partial charge in [-0.1, -0.05) is 13.3 Å². The monoisotopic (exact) mass is 216 g/mol. The lowest BCUT2D eigenvalue weighted by molar-refractivity contribution is -0.138. The largest absolute Gasteiger partial charge is 0.481 e. The summed E-state index contributed by atoms with van der Waals surface area (Å²) >= 11 is 0. The lowest BCUT2D eigenvalue weighted by Crippen LogP contribution is -2.51. The van der Waals surface area contributed by atoms with Crippen LogP contribution in [-0.2, 0) is 9.59 Å². The van der Waals surface area contributed by atoms with Crippen molar-refractivity contribution in [2.45, 2.75) is 51.6 Å². The van der Waals surface area contributed by atoms with Crippen molar-refractivity contribution in [1.82, 2.24) is 5.32 Å². The zero-order chi connectivity index (χ0) is 12.1. The van der Waals surface area contributed by atoms with Crippen LogP contribution in [0.4, 0.5) is 0 Å². The Balaban J connectivity index is 4.20. The minimum atomic E-state index is -0.940. The SMILES string of the molecule is CCC[C@H](N)C(=O)NC(C)(C)CC(=O)O. The van der Waals surface area contributed by atoms with E-state index < -0.39 is 17.6 Å². The maximum atomic E-state index is 11.5. The molecule has 5 heteroatoms. The first-order chi connectivity index (χ1) is 6.78. The van der Waals surface area contributed by atoms with Gasteiger partial charge in [-0.05, 0) is 20.3 Å². The summed E-state index contributed by atoms with van der Waals surface area (Å²) < 4.78 is 0. The quantitative estimate of drug-likeness (QED) is 0.602. The molecule has 0 aromatic rings. The van der Waals surface area contributed by atoms with Gasteiger partial charge in [-0.3, -0.25) is 9.59 Å². The summed E-state index contributed by atoms with van der Waals surface area (Å²) in [5, 5.41) is 11.2. The van der Waals surface area contributed by atoms with Crippen molar-refractivity contribution < 1.29 is 14.7 Å². The molecule has 0 aromatic heterocycles. The van der Waals surface area contributed by atoms with Gasteiger partial charge in [0.25, 0.3) is 0 Å². The summed E-state index contributed by atoms with van der Waals surface area (Å²) in [4.78, 5) is 22.0. The molecule has 1 amide bonds. The number of carboxylic acids is 1. The molecule has 0 bridgehead atoms. The number of hydrogen-bond acceptors (Lipinski definition) is 3. The fourth-order valence-corrected chi connectivity index (χ4v) is 1.29. The van der Waals surface area contributed by atoms with Crippen LogP contribution >= 0.6 is 0 Å². The van der Waals surface area contributed by atoms with Crippen LogP contribution in [0, 0.1) is 0 Å². The van der Waals surface area contributed by atoms with Crippen molar-refractivity contribution in [3.8, 4) is 0 Å². The van der Waals surface area contributed by atoms with Crippen molar-refractivity contribution in [2.24, 2.45) is 5.73 Å². The highest BCUT2D eigenvalue weighted by Crippen LogP contribution is 2.08. The van der Waals surface area contributed by atoms with Crippen molar-refractivity contribution in [3.63, 3.8) is 0 Å². The molecule has 0 unspecified atom stereocenters. The molecule has 0 aliphatic carbocycles. The van der Waals surface area contributed by atoms with E-state index in [0.717, 1.165) is 6.42 Å². The summed E-state index contributed by atoms with van der Waals surface area (Å²) in [6.07, 6.45) is 1.32. The number of carboxylic acid groups (broad SMARTS) is 1. The van der Waals surface area contributed by atoms with E-state index in [1.807, 2.05) is 6.92 Å². The highest BCUT2D eigenvalue weighted by molar-refractivity contribution is 5.82. The van der Waals surface area contributed by atoms with Crippen LogP contribution in [0.25, 0.3) is 0 Å². The summed E-state index contributed by atoms with van der Waals surface area (Å²) in [5.74, 6) is -1.23. The Morgan fingerprint density at radius 3 is 2.40 bits per heavy atom. The Morgan fingerprint density at radius 1 is 1.47 bits per heavy atom. The fourth-order valence-electron chi connectivity index (χ4n) is 1.29. The van der Waals surface area contributed by atoms with Gasteiger partial charge in [-0.15, -0.1) is 0 Å². The van der Waals surface area contributed by atoms with E-state index in [4.69, 9.17) is 10.8 Å². The average molecular weight is 216 g/mol. The first-order valence-electron chi connectivity index (χ1n) is 5.08. The number of nitrogens with one attached hydrogen (secondary N) is 1. The van der Waals surface area contributed by atoms with Crippen molar-refractivity contribution in [3.05, 3.63) is 0 Å². The van der Waals surface area contributed by atoms with Gasteiger partial charge in [0.2, 0.25) is 5.91 Å². The van der Waals surface area contributed by atoms with Gasteiger partial charge >= 0.3 is 5.97 Å². The molecule has 0 aliphatic heterocycles. The van der Waals surface area contributed by atoms with Crippen LogP contribution < -0.4 is 11.1 Å². The molecule has 0 fully saturated rings. The number of nitrogens with two attached hydrogens (primary N) is 1. The lowest BCUT2D eigenvalue weighted by Gasteiger charge is -2.26. The highest BCUT2D eigenvalue weighted by Gasteiger charge is 2.25. The van der Waals surface area contributed by atoms with Gasteiger partial charge in [-0.2, -0.15) is 0 Å². The summed E-state index contributed by atoms with van der Waals surface area (Å²) in [7, 11) is 0. The Bertz CT molecular complexity index is 239. The summed E-state index contributed by atoms with van der Waals surface area (Å²) in [6.45, 7) is 5.27. The van der Waals surface area contributed by atoms with E-state index in [9.17, 15) is 9.59 Å². The topological polar surface area (TPSA) is 92.4 Å². The number of amides is 1. The number of rotatable bonds is 6. The molecule has 0 aliphatic rings. The predicted octanol–water partition coefficient (Wildman–Crippen LogP) is 0.483. The normalized spacial score (nSPS) is 13.3. The predicted molar refractivity (Wildman–Crippen MR) is 57.4 cm³/mol. The molecule has 0 rings (SSSR count). The third kappa shape index (κ3) is 6.06. The molecule has 5 nitrogen and oxygen atoms in total. The van der Waals surface area contributed by atoms with E-state index in [1.54, 1.807) is 13.8 Å². The van der Waals surface area contributed by atoms with E-state index in [-0.39, 0.29) is 12.3 Å². The molecule has 0 spiro atoms. The Labute approximate surface area is 90.0 Å². The first-order valence-corrected chi connectivity index (χ1v) is 5.08. The van der Waals surface area contributed by atoms with Crippen molar-refractivity contribution in [2.75, 3.05) is 0 Å². The molecule has 0 aromatic carbocycles. The van der Waals surface area contributed by atoms with Crippen molar-refractivity contribution in [1.29, 1.82) is 0 Å². The third-order valence-corrected chi connectivity index (χ3v) is 1.99. The van der Waals surface area contributed by atoms with Gasteiger partial charge in [-0.25, -0.2) is 0 Å². The minimum absolute atomic E-state index is 0.114. The molecule has 15 heavy (non-hydrogen) atoms. The maximum Gasteiger partial charge on any atom is 0.305 e. The molecule has 1 atom stereocenters. The highest BCUT2D eigenvalue weighted by atomic mass is 16.4. The molecule has 4 N–H and O–H groups in total. The zero-order valence-corrected chi connectivity index (χ0v) is 9.54. The minimum Gasteiger partial charge on any atom is -0.481 e. The number of carbonyl (C=O) groups excluding carboxylic acids is 1. The van der Waals surface area contributed by atoms with Crippen LogP contribution in [0.1, 0.15) is 40.0 Å². The van der Waals surface area contributed by atoms with E-state index >= 15 is 0 Å². The smallest absolute Gasteiger partial charge is 0.305 e. The van der Waals surface area contributed by atoms with Crippen LogP contribution in [0.2, 0.25) is 0 Å². The molecular weight excluding hydrogens is 196 g/mol. The average Bonchev–Trinajstić information content (AvgIpc) is 2.00. The van der Waals surface area contributed by atoms with Gasteiger partial charge in [0.1, 0.15) is 0 Å². The molecular formula is C10H20N2O3. The second-order valence-corrected chi connectivity index (χ2v) is 4.34. The van der Waals surface area contributed by atoms with Crippen LogP contribution in [0.3, 0.4) is 0 Å². The van der Waals surface area contributed by atoms with Crippen molar-refractivity contribution >= 4 is 11.9 Å². The number of aliphatic carboxylic acids is 1. The standard InChI is InChI=1S/C10H20N2O3/c1-4-5-7(11)9(15)12-10(2,3)6-8(13)14/h7H,4-6,11H2,1-3H3,(H,12,15)(H,13,14)/t7-/m0/s1. The van der Waals surface area contributed by atoms with Crippen LogP contribution in [0.5, 0.6) is 0 Å².